The normalized spacial score (nSPS) is 11.3. The standard InChI is InChI=1S/C18H10BrClS/c19-12-9-7-11(8-10-12)13-3-1-4-14-15-5-2-6-16(20)18(15)21-17(13)14/h1-10H. The Bertz CT molecular complexity index is 954. The van der Waals surface area contributed by atoms with Crippen LogP contribution in [0.25, 0.3) is 31.3 Å². The number of halogens is 2. The van der Waals surface area contributed by atoms with Gasteiger partial charge in [0.1, 0.15) is 0 Å². The maximum absolute atomic E-state index is 6.35. The minimum atomic E-state index is 0.829. The van der Waals surface area contributed by atoms with Crippen LogP contribution in [0.3, 0.4) is 0 Å². The predicted molar refractivity (Wildman–Crippen MR) is 97.5 cm³/mol. The smallest absolute Gasteiger partial charge is 0.0584 e. The highest BCUT2D eigenvalue weighted by molar-refractivity contribution is 9.10. The first kappa shape index (κ1) is 13.3. The summed E-state index contributed by atoms with van der Waals surface area (Å²) in [5, 5.41) is 3.34. The summed E-state index contributed by atoms with van der Waals surface area (Å²) in [6, 6.07) is 21.0. The zero-order valence-corrected chi connectivity index (χ0v) is 14.1. The highest BCUT2D eigenvalue weighted by Gasteiger charge is 2.11. The highest BCUT2D eigenvalue weighted by Crippen LogP contribution is 2.42. The average Bonchev–Trinajstić information content (AvgIpc) is 2.89. The van der Waals surface area contributed by atoms with E-state index in [1.54, 1.807) is 11.3 Å². The lowest BCUT2D eigenvalue weighted by Crippen LogP contribution is -1.77. The van der Waals surface area contributed by atoms with Crippen molar-refractivity contribution in [1.82, 2.24) is 0 Å². The van der Waals surface area contributed by atoms with Crippen molar-refractivity contribution < 1.29 is 0 Å². The molecule has 0 aliphatic rings. The summed E-state index contributed by atoms with van der Waals surface area (Å²) >= 11 is 11.6. The number of thiophene rings is 1. The predicted octanol–water partition coefficient (Wildman–Crippen LogP) is 7.14. The SMILES string of the molecule is Clc1cccc2c1sc1c(-c3ccc(Br)cc3)cccc12. The van der Waals surface area contributed by atoms with Crippen molar-refractivity contribution in [2.45, 2.75) is 0 Å². The molecule has 0 nitrogen and oxygen atoms in total. The third-order valence-electron chi connectivity index (χ3n) is 3.63. The second-order valence-corrected chi connectivity index (χ2v) is 7.25. The second kappa shape index (κ2) is 5.13. The van der Waals surface area contributed by atoms with Crippen molar-refractivity contribution in [2.24, 2.45) is 0 Å². The molecule has 3 heteroatoms. The van der Waals surface area contributed by atoms with Crippen LogP contribution in [0.15, 0.2) is 65.1 Å². The Morgan fingerprint density at radius 2 is 1.43 bits per heavy atom. The number of hydrogen-bond donors (Lipinski definition) is 0. The number of rotatable bonds is 1. The van der Waals surface area contributed by atoms with Gasteiger partial charge in [-0.1, -0.05) is 70.0 Å². The van der Waals surface area contributed by atoms with Gasteiger partial charge in [-0.2, -0.15) is 0 Å². The Morgan fingerprint density at radius 1 is 0.762 bits per heavy atom. The quantitative estimate of drug-likeness (QED) is 0.332. The zero-order valence-electron chi connectivity index (χ0n) is 10.9. The third-order valence-corrected chi connectivity index (χ3v) is 5.88. The molecule has 0 spiro atoms. The molecule has 0 unspecified atom stereocenters. The molecule has 3 aromatic carbocycles. The van der Waals surface area contributed by atoms with Gasteiger partial charge in [-0.3, -0.25) is 0 Å². The van der Waals surface area contributed by atoms with Crippen LogP contribution in [0.5, 0.6) is 0 Å². The highest BCUT2D eigenvalue weighted by atomic mass is 79.9. The Kier molecular flexibility index (Phi) is 3.26. The minimum absolute atomic E-state index is 0.829. The molecular formula is C18H10BrClS. The molecule has 0 bridgehead atoms. The molecule has 21 heavy (non-hydrogen) atoms. The van der Waals surface area contributed by atoms with Gasteiger partial charge >= 0.3 is 0 Å². The fourth-order valence-electron chi connectivity index (χ4n) is 2.64. The molecule has 0 amide bonds. The Morgan fingerprint density at radius 3 is 2.19 bits per heavy atom. The van der Waals surface area contributed by atoms with Crippen molar-refractivity contribution in [3.05, 3.63) is 70.2 Å². The van der Waals surface area contributed by atoms with E-state index in [0.717, 1.165) is 9.50 Å². The van der Waals surface area contributed by atoms with E-state index in [-0.39, 0.29) is 0 Å². The molecule has 0 saturated carbocycles. The van der Waals surface area contributed by atoms with Gasteiger partial charge in [0.2, 0.25) is 0 Å². The van der Waals surface area contributed by atoms with Gasteiger partial charge in [0.15, 0.2) is 0 Å². The molecular weight excluding hydrogens is 364 g/mol. The molecule has 1 aromatic heterocycles. The molecule has 0 atom stereocenters. The zero-order chi connectivity index (χ0) is 14.4. The van der Waals surface area contributed by atoms with E-state index in [2.05, 4.69) is 64.5 Å². The van der Waals surface area contributed by atoms with E-state index in [9.17, 15) is 0 Å². The van der Waals surface area contributed by atoms with E-state index < -0.39 is 0 Å². The maximum Gasteiger partial charge on any atom is 0.0584 e. The van der Waals surface area contributed by atoms with Gasteiger partial charge in [-0.05, 0) is 29.3 Å². The third kappa shape index (κ3) is 2.18. The van der Waals surface area contributed by atoms with E-state index >= 15 is 0 Å². The largest absolute Gasteiger partial charge is 0.133 e. The summed E-state index contributed by atoms with van der Waals surface area (Å²) in [6.45, 7) is 0. The van der Waals surface area contributed by atoms with Crippen molar-refractivity contribution in [2.75, 3.05) is 0 Å². The molecule has 4 rings (SSSR count). The second-order valence-electron chi connectivity index (χ2n) is 4.91. The number of benzene rings is 3. The van der Waals surface area contributed by atoms with Gasteiger partial charge in [-0.15, -0.1) is 11.3 Å². The Balaban J connectivity index is 2.08. The van der Waals surface area contributed by atoms with Crippen LogP contribution in [0, 0.1) is 0 Å². The first-order valence-electron chi connectivity index (χ1n) is 6.60. The molecule has 0 aliphatic heterocycles. The Labute approximate surface area is 140 Å². The summed E-state index contributed by atoms with van der Waals surface area (Å²) in [6.07, 6.45) is 0. The average molecular weight is 374 g/mol. The van der Waals surface area contributed by atoms with Gasteiger partial charge in [0, 0.05) is 19.9 Å². The van der Waals surface area contributed by atoms with Gasteiger partial charge < -0.3 is 0 Å². The molecule has 1 heterocycles. The van der Waals surface area contributed by atoms with Gasteiger partial charge in [-0.25, -0.2) is 0 Å². The van der Waals surface area contributed by atoms with Crippen molar-refractivity contribution in [1.29, 1.82) is 0 Å². The first-order chi connectivity index (χ1) is 10.2. The van der Waals surface area contributed by atoms with Crippen LogP contribution < -0.4 is 0 Å². The minimum Gasteiger partial charge on any atom is -0.133 e. The van der Waals surface area contributed by atoms with Crippen LogP contribution in [-0.2, 0) is 0 Å². The molecule has 0 aliphatic carbocycles. The summed E-state index contributed by atoms with van der Waals surface area (Å²) in [7, 11) is 0. The molecule has 0 N–H and O–H groups in total. The summed E-state index contributed by atoms with van der Waals surface area (Å²) in [5.74, 6) is 0. The molecule has 102 valence electrons. The number of fused-ring (bicyclic) bond motifs is 3. The lowest BCUT2D eigenvalue weighted by Gasteiger charge is -2.03. The lowest BCUT2D eigenvalue weighted by atomic mass is 10.0. The number of hydrogen-bond acceptors (Lipinski definition) is 1. The lowest BCUT2D eigenvalue weighted by molar-refractivity contribution is 1.63. The van der Waals surface area contributed by atoms with E-state index in [1.165, 1.54) is 31.3 Å². The molecule has 0 radical (unpaired) electrons. The maximum atomic E-state index is 6.35. The fraction of sp³-hybridized carbons (Fsp3) is 0. The fourth-order valence-corrected chi connectivity index (χ4v) is 4.44. The van der Waals surface area contributed by atoms with Crippen LogP contribution in [-0.4, -0.2) is 0 Å². The van der Waals surface area contributed by atoms with Crippen molar-refractivity contribution in [3.63, 3.8) is 0 Å². The van der Waals surface area contributed by atoms with Crippen LogP contribution in [0.2, 0.25) is 5.02 Å². The van der Waals surface area contributed by atoms with E-state index in [4.69, 9.17) is 11.6 Å². The van der Waals surface area contributed by atoms with E-state index in [1.807, 2.05) is 12.1 Å². The van der Waals surface area contributed by atoms with Crippen molar-refractivity contribution >= 4 is 59.0 Å². The molecule has 0 fully saturated rings. The summed E-state index contributed by atoms with van der Waals surface area (Å²) < 4.78 is 3.56. The van der Waals surface area contributed by atoms with Crippen LogP contribution in [0.1, 0.15) is 0 Å². The van der Waals surface area contributed by atoms with Crippen LogP contribution in [0.4, 0.5) is 0 Å². The summed E-state index contributed by atoms with van der Waals surface area (Å²) in [4.78, 5) is 0. The monoisotopic (exact) mass is 372 g/mol. The molecule has 4 aromatic rings. The van der Waals surface area contributed by atoms with Crippen LogP contribution >= 0.6 is 38.9 Å². The topological polar surface area (TPSA) is 0 Å². The first-order valence-corrected chi connectivity index (χ1v) is 8.58. The molecule has 0 saturated heterocycles. The van der Waals surface area contributed by atoms with E-state index in [0.29, 0.717) is 0 Å². The summed E-state index contributed by atoms with van der Waals surface area (Å²) in [5.41, 5.74) is 2.49. The Hall–Kier alpha value is -1.35. The van der Waals surface area contributed by atoms with Gasteiger partial charge in [0.05, 0.1) is 9.72 Å². The van der Waals surface area contributed by atoms with Gasteiger partial charge in [0.25, 0.3) is 0 Å². The van der Waals surface area contributed by atoms with Crippen molar-refractivity contribution in [3.8, 4) is 11.1 Å².